The van der Waals surface area contributed by atoms with Gasteiger partial charge in [0.25, 0.3) is 0 Å². The molecule has 0 spiro atoms. The van der Waals surface area contributed by atoms with Crippen LogP contribution in [0.2, 0.25) is 0 Å². The molecule has 0 bridgehead atoms. The molecule has 3 nitrogen and oxygen atoms in total. The highest BCUT2D eigenvalue weighted by Gasteiger charge is 2.23. The average molecular weight is 214 g/mol. The molecule has 2 atom stereocenters. The van der Waals surface area contributed by atoms with Crippen molar-refractivity contribution in [1.29, 1.82) is 0 Å². The van der Waals surface area contributed by atoms with Gasteiger partial charge in [-0.2, -0.15) is 11.8 Å². The summed E-state index contributed by atoms with van der Waals surface area (Å²) >= 11 is 1.99. The van der Waals surface area contributed by atoms with Crippen molar-refractivity contribution in [2.45, 2.75) is 37.0 Å². The summed E-state index contributed by atoms with van der Waals surface area (Å²) in [6.45, 7) is 1.86. The summed E-state index contributed by atoms with van der Waals surface area (Å²) < 4.78 is 0. The van der Waals surface area contributed by atoms with Gasteiger partial charge in [0.15, 0.2) is 0 Å². The number of amides is 1. The van der Waals surface area contributed by atoms with Gasteiger partial charge in [-0.15, -0.1) is 0 Å². The van der Waals surface area contributed by atoms with Gasteiger partial charge >= 0.3 is 0 Å². The molecule has 0 aromatic heterocycles. The van der Waals surface area contributed by atoms with Crippen LogP contribution in [0, 0.1) is 0 Å². The number of hydrogen-bond acceptors (Lipinski definition) is 3. The lowest BCUT2D eigenvalue weighted by atomic mass is 10.2. The maximum absolute atomic E-state index is 11.6. The summed E-state index contributed by atoms with van der Waals surface area (Å²) in [4.78, 5) is 11.6. The zero-order valence-corrected chi connectivity index (χ0v) is 9.24. The van der Waals surface area contributed by atoms with E-state index in [0.29, 0.717) is 5.25 Å². The average Bonchev–Trinajstić information content (AvgIpc) is 2.87. The quantitative estimate of drug-likeness (QED) is 0.728. The number of carbonyl (C=O) groups excluding carboxylic acids is 1. The number of rotatable bonds is 3. The third-order valence-electron chi connectivity index (χ3n) is 2.90. The van der Waals surface area contributed by atoms with Crippen molar-refractivity contribution >= 4 is 17.7 Å². The third-order valence-corrected chi connectivity index (χ3v) is 4.30. The van der Waals surface area contributed by atoms with E-state index in [-0.39, 0.29) is 11.9 Å². The number of nitrogens with one attached hydrogen (secondary N) is 2. The van der Waals surface area contributed by atoms with Crippen LogP contribution in [0.3, 0.4) is 0 Å². The van der Waals surface area contributed by atoms with Crippen molar-refractivity contribution < 1.29 is 4.79 Å². The van der Waals surface area contributed by atoms with Crippen LogP contribution in [0.4, 0.5) is 0 Å². The number of thioether (sulfide) groups is 1. The van der Waals surface area contributed by atoms with Crippen LogP contribution in [0.15, 0.2) is 0 Å². The Morgan fingerprint density at radius 1 is 1.43 bits per heavy atom. The van der Waals surface area contributed by atoms with Crippen molar-refractivity contribution in [3.05, 3.63) is 0 Å². The maximum atomic E-state index is 11.6. The fraction of sp³-hybridized carbons (Fsp3) is 0.900. The molecule has 0 saturated carbocycles. The molecule has 2 heterocycles. The van der Waals surface area contributed by atoms with E-state index in [1.54, 1.807) is 0 Å². The first-order chi connectivity index (χ1) is 6.86. The van der Waals surface area contributed by atoms with E-state index in [0.717, 1.165) is 25.9 Å². The summed E-state index contributed by atoms with van der Waals surface area (Å²) in [6.07, 6.45) is 4.72. The fourth-order valence-corrected chi connectivity index (χ4v) is 3.25. The van der Waals surface area contributed by atoms with Crippen molar-refractivity contribution in [3.63, 3.8) is 0 Å². The van der Waals surface area contributed by atoms with E-state index >= 15 is 0 Å². The molecule has 0 radical (unpaired) electrons. The van der Waals surface area contributed by atoms with Gasteiger partial charge in [-0.1, -0.05) is 0 Å². The van der Waals surface area contributed by atoms with E-state index in [9.17, 15) is 4.79 Å². The highest BCUT2D eigenvalue weighted by Crippen LogP contribution is 2.25. The van der Waals surface area contributed by atoms with E-state index in [1.807, 2.05) is 11.8 Å². The molecule has 2 fully saturated rings. The molecule has 2 rings (SSSR count). The van der Waals surface area contributed by atoms with Crippen LogP contribution in [-0.4, -0.2) is 36.0 Å². The van der Waals surface area contributed by atoms with Crippen molar-refractivity contribution in [2.75, 3.05) is 18.8 Å². The molecule has 2 aliphatic rings. The monoisotopic (exact) mass is 214 g/mol. The summed E-state index contributed by atoms with van der Waals surface area (Å²) in [5.74, 6) is 1.47. The highest BCUT2D eigenvalue weighted by molar-refractivity contribution is 8.00. The second-order valence-corrected chi connectivity index (χ2v) is 5.44. The van der Waals surface area contributed by atoms with Crippen LogP contribution in [0.5, 0.6) is 0 Å². The van der Waals surface area contributed by atoms with Gasteiger partial charge in [-0.3, -0.25) is 4.79 Å². The van der Waals surface area contributed by atoms with Crippen LogP contribution in [-0.2, 0) is 4.79 Å². The molecule has 1 unspecified atom stereocenters. The van der Waals surface area contributed by atoms with Gasteiger partial charge in [0.2, 0.25) is 5.91 Å². The molecule has 0 aromatic rings. The minimum Gasteiger partial charge on any atom is -0.354 e. The molecule has 2 saturated heterocycles. The highest BCUT2D eigenvalue weighted by atomic mass is 32.2. The number of carbonyl (C=O) groups is 1. The zero-order chi connectivity index (χ0) is 9.80. The minimum atomic E-state index is 0.0846. The Morgan fingerprint density at radius 2 is 2.36 bits per heavy atom. The third kappa shape index (κ3) is 2.64. The summed E-state index contributed by atoms with van der Waals surface area (Å²) in [7, 11) is 0. The Hall–Kier alpha value is -0.220. The molecule has 2 N–H and O–H groups in total. The Morgan fingerprint density at radius 3 is 3.00 bits per heavy atom. The molecule has 2 aliphatic heterocycles. The molecular weight excluding hydrogens is 196 g/mol. The lowest BCUT2D eigenvalue weighted by Gasteiger charge is -2.13. The van der Waals surface area contributed by atoms with Crippen LogP contribution >= 0.6 is 11.8 Å². The van der Waals surface area contributed by atoms with E-state index in [1.165, 1.54) is 18.6 Å². The summed E-state index contributed by atoms with van der Waals surface area (Å²) in [5.41, 5.74) is 0. The SMILES string of the molecule is O=C(NCC1CCCS1)[C@@H]1CCCN1. The van der Waals surface area contributed by atoms with Gasteiger partial charge in [-0.25, -0.2) is 0 Å². The van der Waals surface area contributed by atoms with Gasteiger partial charge in [0, 0.05) is 11.8 Å². The second kappa shape index (κ2) is 5.03. The zero-order valence-electron chi connectivity index (χ0n) is 8.42. The predicted octanol–water partition coefficient (Wildman–Crippen LogP) is 0.750. The predicted molar refractivity (Wildman–Crippen MR) is 59.5 cm³/mol. The first-order valence-electron chi connectivity index (χ1n) is 5.49. The smallest absolute Gasteiger partial charge is 0.237 e. The number of hydrogen-bond donors (Lipinski definition) is 2. The molecule has 0 aromatic carbocycles. The first-order valence-corrected chi connectivity index (χ1v) is 6.54. The molecule has 4 heteroatoms. The lowest BCUT2D eigenvalue weighted by molar-refractivity contribution is -0.122. The van der Waals surface area contributed by atoms with Crippen LogP contribution < -0.4 is 10.6 Å². The van der Waals surface area contributed by atoms with E-state index < -0.39 is 0 Å². The molecule has 0 aliphatic carbocycles. The van der Waals surface area contributed by atoms with Crippen LogP contribution in [0.25, 0.3) is 0 Å². The van der Waals surface area contributed by atoms with Crippen molar-refractivity contribution in [2.24, 2.45) is 0 Å². The lowest BCUT2D eigenvalue weighted by Crippen LogP contribution is -2.42. The summed E-state index contributed by atoms with van der Waals surface area (Å²) in [6, 6.07) is 0.0846. The molecular formula is C10H18N2OS. The Bertz CT molecular complexity index is 198. The normalized spacial score (nSPS) is 32.0. The molecule has 1 amide bonds. The van der Waals surface area contributed by atoms with Crippen molar-refractivity contribution in [3.8, 4) is 0 Å². The van der Waals surface area contributed by atoms with Gasteiger partial charge in [-0.05, 0) is 38.0 Å². The van der Waals surface area contributed by atoms with Gasteiger partial charge in [0.1, 0.15) is 0 Å². The Balaban J connectivity index is 1.66. The Kier molecular flexibility index (Phi) is 3.70. The van der Waals surface area contributed by atoms with Gasteiger partial charge in [0.05, 0.1) is 6.04 Å². The van der Waals surface area contributed by atoms with Crippen LogP contribution in [0.1, 0.15) is 25.7 Å². The van der Waals surface area contributed by atoms with Gasteiger partial charge < -0.3 is 10.6 Å². The second-order valence-electron chi connectivity index (χ2n) is 4.03. The fourth-order valence-electron chi connectivity index (χ4n) is 2.05. The Labute approximate surface area is 89.4 Å². The summed E-state index contributed by atoms with van der Waals surface area (Å²) in [5, 5.41) is 6.92. The van der Waals surface area contributed by atoms with E-state index in [4.69, 9.17) is 0 Å². The van der Waals surface area contributed by atoms with E-state index in [2.05, 4.69) is 10.6 Å². The molecule has 80 valence electrons. The van der Waals surface area contributed by atoms with Crippen molar-refractivity contribution in [1.82, 2.24) is 10.6 Å². The minimum absolute atomic E-state index is 0.0846. The standard InChI is InChI=1S/C10H18N2OS/c13-10(9-4-1-5-11-9)12-7-8-3-2-6-14-8/h8-9,11H,1-7H2,(H,12,13)/t8?,9-/m0/s1. The molecule has 14 heavy (non-hydrogen) atoms. The largest absolute Gasteiger partial charge is 0.354 e. The first kappa shape index (κ1) is 10.3. The maximum Gasteiger partial charge on any atom is 0.237 e. The topological polar surface area (TPSA) is 41.1 Å².